The van der Waals surface area contributed by atoms with Crippen molar-refractivity contribution in [3.63, 3.8) is 0 Å². The summed E-state index contributed by atoms with van der Waals surface area (Å²) >= 11 is 0. The second-order valence-electron chi connectivity index (χ2n) is 14.8. The molecular formula is C44H82ClN. The van der Waals surface area contributed by atoms with Crippen LogP contribution < -0.4 is 16.9 Å². The molecule has 0 aliphatic carbocycles. The number of hydrogen-bond donors (Lipinski definition) is 0. The summed E-state index contributed by atoms with van der Waals surface area (Å²) < 4.78 is 1.10. The first kappa shape index (κ1) is 45.2. The number of nitrogens with zero attached hydrogens (tertiary/aromatic N) is 1. The van der Waals surface area contributed by atoms with Crippen LogP contribution in [0.5, 0.6) is 0 Å². The second kappa shape index (κ2) is 35.5. The summed E-state index contributed by atoms with van der Waals surface area (Å²) in [6.07, 6.45) is 49.1. The Hall–Kier alpha value is -0.790. The van der Waals surface area contributed by atoms with Crippen molar-refractivity contribution in [3.8, 4) is 0 Å². The molecule has 0 radical (unpaired) electrons. The molecule has 0 amide bonds. The Morgan fingerprint density at radius 1 is 0.391 bits per heavy atom. The minimum absolute atomic E-state index is 0. The molecule has 0 fully saturated rings. The average Bonchev–Trinajstić information content (AvgIpc) is 3.06. The summed E-state index contributed by atoms with van der Waals surface area (Å²) in [5.74, 6) is 0. The number of halogens is 1. The third-order valence-corrected chi connectivity index (χ3v) is 10.3. The maximum atomic E-state index is 2.48. The highest BCUT2D eigenvalue weighted by molar-refractivity contribution is 5.41. The zero-order valence-electron chi connectivity index (χ0n) is 31.7. The van der Waals surface area contributed by atoms with Crippen molar-refractivity contribution in [2.45, 2.75) is 213 Å². The number of hydrogen-bond acceptors (Lipinski definition) is 0. The van der Waals surface area contributed by atoms with Crippen LogP contribution in [0.2, 0.25) is 0 Å². The SMILES string of the molecule is CCCCCCCCCCCCCCC=CCCC[N+](C)(CCCCCCCCCCCCCCCCCC)c1ccccc1.[Cl-]. The average molecular weight is 661 g/mol. The molecule has 270 valence electrons. The van der Waals surface area contributed by atoms with E-state index < -0.39 is 0 Å². The molecule has 0 bridgehead atoms. The van der Waals surface area contributed by atoms with Gasteiger partial charge in [-0.15, -0.1) is 0 Å². The van der Waals surface area contributed by atoms with Crippen molar-refractivity contribution in [1.29, 1.82) is 0 Å². The van der Waals surface area contributed by atoms with Crippen molar-refractivity contribution in [2.24, 2.45) is 0 Å². The van der Waals surface area contributed by atoms with Gasteiger partial charge in [0.25, 0.3) is 0 Å². The molecular weight excluding hydrogens is 578 g/mol. The van der Waals surface area contributed by atoms with Gasteiger partial charge in [-0.05, 0) is 44.2 Å². The highest BCUT2D eigenvalue weighted by Gasteiger charge is 2.23. The van der Waals surface area contributed by atoms with Crippen molar-refractivity contribution < 1.29 is 12.4 Å². The van der Waals surface area contributed by atoms with Crippen molar-refractivity contribution in [1.82, 2.24) is 4.48 Å². The minimum Gasteiger partial charge on any atom is -1.00 e. The topological polar surface area (TPSA) is 0 Å². The maximum Gasteiger partial charge on any atom is 0.132 e. The van der Waals surface area contributed by atoms with E-state index in [0.717, 1.165) is 4.48 Å². The minimum atomic E-state index is 0. The molecule has 1 rings (SSSR count). The van der Waals surface area contributed by atoms with Gasteiger partial charge >= 0.3 is 0 Å². The van der Waals surface area contributed by atoms with Crippen LogP contribution in [0, 0.1) is 0 Å². The molecule has 0 spiro atoms. The van der Waals surface area contributed by atoms with Crippen LogP contribution in [0.25, 0.3) is 0 Å². The second-order valence-corrected chi connectivity index (χ2v) is 14.8. The van der Waals surface area contributed by atoms with E-state index in [-0.39, 0.29) is 12.4 Å². The summed E-state index contributed by atoms with van der Waals surface area (Å²) in [5, 5.41) is 0. The molecule has 0 aliphatic rings. The third-order valence-electron chi connectivity index (χ3n) is 10.3. The van der Waals surface area contributed by atoms with E-state index in [1.165, 1.54) is 218 Å². The Balaban J connectivity index is 0.0000202. The van der Waals surface area contributed by atoms with Gasteiger partial charge in [-0.1, -0.05) is 205 Å². The molecule has 1 aromatic rings. The third kappa shape index (κ3) is 28.2. The monoisotopic (exact) mass is 660 g/mol. The van der Waals surface area contributed by atoms with Crippen LogP contribution in [0.3, 0.4) is 0 Å². The fraction of sp³-hybridized carbons (Fsp3) is 0.818. The van der Waals surface area contributed by atoms with Gasteiger partial charge in [0.2, 0.25) is 0 Å². The van der Waals surface area contributed by atoms with E-state index in [1.54, 1.807) is 0 Å². The fourth-order valence-electron chi connectivity index (χ4n) is 7.06. The van der Waals surface area contributed by atoms with Crippen molar-refractivity contribution in [3.05, 3.63) is 42.5 Å². The molecule has 0 heterocycles. The van der Waals surface area contributed by atoms with Gasteiger partial charge in [-0.25, -0.2) is 0 Å². The quantitative estimate of drug-likeness (QED) is 0.0386. The number of benzene rings is 1. The predicted octanol–water partition coefficient (Wildman–Crippen LogP) is 12.3. The Morgan fingerprint density at radius 3 is 1.09 bits per heavy atom. The molecule has 1 unspecified atom stereocenters. The lowest BCUT2D eigenvalue weighted by atomic mass is 10.0. The van der Waals surface area contributed by atoms with Crippen molar-refractivity contribution in [2.75, 3.05) is 20.1 Å². The lowest BCUT2D eigenvalue weighted by molar-refractivity contribution is -0.00000988. The Kier molecular flexibility index (Phi) is 34.9. The zero-order chi connectivity index (χ0) is 32.4. The molecule has 2 heteroatoms. The summed E-state index contributed by atoms with van der Waals surface area (Å²) in [6.45, 7) is 7.15. The van der Waals surface area contributed by atoms with E-state index in [4.69, 9.17) is 0 Å². The molecule has 0 aromatic heterocycles. The van der Waals surface area contributed by atoms with Gasteiger partial charge < -0.3 is 12.4 Å². The van der Waals surface area contributed by atoms with Gasteiger partial charge in [0.05, 0.1) is 20.1 Å². The zero-order valence-corrected chi connectivity index (χ0v) is 32.5. The van der Waals surface area contributed by atoms with E-state index in [9.17, 15) is 0 Å². The van der Waals surface area contributed by atoms with Gasteiger partial charge in [0.1, 0.15) is 5.69 Å². The predicted molar refractivity (Wildman–Crippen MR) is 208 cm³/mol. The Bertz CT molecular complexity index is 731. The number of allylic oxidation sites excluding steroid dienone is 2. The van der Waals surface area contributed by atoms with Crippen LogP contribution in [-0.4, -0.2) is 20.1 Å². The fourth-order valence-corrected chi connectivity index (χ4v) is 7.06. The van der Waals surface area contributed by atoms with Gasteiger partial charge in [-0.3, -0.25) is 4.48 Å². The Labute approximate surface area is 297 Å². The molecule has 1 aromatic carbocycles. The van der Waals surface area contributed by atoms with Gasteiger partial charge in [-0.2, -0.15) is 0 Å². The standard InChI is InChI=1S/C44H82N.ClH/c1-4-6-8-10-12-14-16-18-20-22-24-26-28-30-32-34-39-43-45(3,44-40-36-35-37-41-44)42-38-33-31-29-27-25-23-21-19-17-15-13-11-9-7-5-2;/h30,32,35-37,40-41H,4-29,31,33-34,38-39,42-43H2,1-3H3;1H/q+1;/p-1. The highest BCUT2D eigenvalue weighted by atomic mass is 35.5. The van der Waals surface area contributed by atoms with Gasteiger partial charge in [0.15, 0.2) is 0 Å². The normalized spacial score (nSPS) is 12.8. The Morgan fingerprint density at radius 2 is 0.696 bits per heavy atom. The lowest BCUT2D eigenvalue weighted by Crippen LogP contribution is -3.00. The van der Waals surface area contributed by atoms with Gasteiger partial charge in [0, 0.05) is 6.42 Å². The van der Waals surface area contributed by atoms with Crippen LogP contribution in [0.4, 0.5) is 5.69 Å². The van der Waals surface area contributed by atoms with E-state index in [2.05, 4.69) is 63.4 Å². The van der Waals surface area contributed by atoms with E-state index >= 15 is 0 Å². The first-order valence-corrected chi connectivity index (χ1v) is 20.8. The largest absolute Gasteiger partial charge is 1.00 e. The smallest absolute Gasteiger partial charge is 0.132 e. The molecule has 0 N–H and O–H groups in total. The summed E-state index contributed by atoms with van der Waals surface area (Å²) in [4.78, 5) is 0. The molecule has 0 aliphatic heterocycles. The molecule has 1 nitrogen and oxygen atoms in total. The molecule has 46 heavy (non-hydrogen) atoms. The van der Waals surface area contributed by atoms with Crippen LogP contribution in [0.1, 0.15) is 213 Å². The lowest BCUT2D eigenvalue weighted by Gasteiger charge is -2.34. The number of unbranched alkanes of at least 4 members (excludes halogenated alkanes) is 28. The summed E-state index contributed by atoms with van der Waals surface area (Å²) in [6, 6.07) is 11.3. The first-order chi connectivity index (χ1) is 22.2. The van der Waals surface area contributed by atoms with Crippen LogP contribution >= 0.6 is 0 Å². The van der Waals surface area contributed by atoms with Crippen LogP contribution in [0.15, 0.2) is 42.5 Å². The molecule has 0 saturated heterocycles. The van der Waals surface area contributed by atoms with Crippen molar-refractivity contribution >= 4 is 5.69 Å². The number of para-hydroxylation sites is 1. The summed E-state index contributed by atoms with van der Waals surface area (Å²) in [5.41, 5.74) is 1.50. The number of rotatable bonds is 35. The molecule has 1 atom stereocenters. The summed E-state index contributed by atoms with van der Waals surface area (Å²) in [7, 11) is 2.48. The number of quaternary nitrogens is 1. The first-order valence-electron chi connectivity index (χ1n) is 20.8. The molecule has 0 saturated carbocycles. The highest BCUT2D eigenvalue weighted by Crippen LogP contribution is 2.23. The maximum absolute atomic E-state index is 2.48. The van der Waals surface area contributed by atoms with Crippen LogP contribution in [-0.2, 0) is 0 Å². The van der Waals surface area contributed by atoms with E-state index in [1.807, 2.05) is 0 Å². The van der Waals surface area contributed by atoms with E-state index in [0.29, 0.717) is 0 Å².